The molecule has 0 unspecified atom stereocenters. The third kappa shape index (κ3) is 5.48. The minimum atomic E-state index is -1.03. The fourth-order valence-corrected chi connectivity index (χ4v) is 5.12. The third-order valence-electron chi connectivity index (χ3n) is 6.15. The van der Waals surface area contributed by atoms with Crippen molar-refractivity contribution in [3.63, 3.8) is 0 Å². The lowest BCUT2D eigenvalue weighted by molar-refractivity contribution is -0.363. The topological polar surface area (TPSA) is 138 Å². The van der Waals surface area contributed by atoms with Gasteiger partial charge in [0.2, 0.25) is 5.82 Å². The van der Waals surface area contributed by atoms with Crippen LogP contribution >= 0.6 is 11.3 Å². The van der Waals surface area contributed by atoms with Crippen molar-refractivity contribution in [2.75, 3.05) is 17.2 Å². The fraction of sp³-hybridized carbons (Fsp3) is 0.280. The van der Waals surface area contributed by atoms with Crippen LogP contribution in [-0.2, 0) is 0 Å². The first-order valence-corrected chi connectivity index (χ1v) is 12.3. The molecule has 0 spiro atoms. The average molecular weight is 527 g/mol. The Labute approximate surface area is 218 Å². The number of benzene rings is 1. The second kappa shape index (κ2) is 11.3. The zero-order valence-corrected chi connectivity index (χ0v) is 21.0. The van der Waals surface area contributed by atoms with Crippen LogP contribution in [0.1, 0.15) is 12.1 Å². The van der Waals surface area contributed by atoms with Crippen LogP contribution in [0.5, 0.6) is 0 Å². The lowest BCUT2D eigenvalue weighted by Crippen LogP contribution is -3.00. The molecule has 0 bridgehead atoms. The van der Waals surface area contributed by atoms with Gasteiger partial charge in [-0.3, -0.25) is 4.98 Å². The van der Waals surface area contributed by atoms with Gasteiger partial charge in [0.05, 0.1) is 24.0 Å². The van der Waals surface area contributed by atoms with Crippen LogP contribution in [-0.4, -0.2) is 55.1 Å². The normalized spacial score (nSPS) is 21.1. The molecule has 1 aromatic carbocycles. The van der Waals surface area contributed by atoms with Crippen LogP contribution in [0.25, 0.3) is 21.8 Å². The van der Waals surface area contributed by atoms with Gasteiger partial charge in [-0.2, -0.15) is 0 Å². The van der Waals surface area contributed by atoms with Gasteiger partial charge in [-0.05, 0) is 25.5 Å². The Kier molecular flexibility index (Phi) is 8.12. The highest BCUT2D eigenvalue weighted by Gasteiger charge is 2.42. The Morgan fingerprint density at radius 3 is 2.64 bits per heavy atom. The maximum absolute atomic E-state index is 10.6. The lowest BCUT2D eigenvalue weighted by Gasteiger charge is -2.18. The largest absolute Gasteiger partial charge is 1.00 e. The van der Waals surface area contributed by atoms with Crippen LogP contribution < -0.4 is 28.0 Å². The van der Waals surface area contributed by atoms with Crippen LogP contribution in [0, 0.1) is 12.8 Å². The monoisotopic (exact) mass is 526 g/mol. The molecule has 1 aliphatic carbocycles. The minimum Gasteiger partial charge on any atom is -1.00 e. The van der Waals surface area contributed by atoms with E-state index < -0.39 is 24.2 Å². The summed E-state index contributed by atoms with van der Waals surface area (Å²) < 4.78 is 0. The number of thiazole rings is 1. The van der Waals surface area contributed by atoms with Gasteiger partial charge < -0.3 is 33.0 Å². The summed E-state index contributed by atoms with van der Waals surface area (Å²) in [6.07, 6.45) is 1.93. The zero-order valence-electron chi connectivity index (χ0n) is 19.5. The zero-order chi connectivity index (χ0) is 24.4. The molecule has 188 valence electrons. The highest BCUT2D eigenvalue weighted by molar-refractivity contribution is 7.13. The van der Waals surface area contributed by atoms with Crippen molar-refractivity contribution in [1.29, 1.82) is 0 Å². The van der Waals surface area contributed by atoms with E-state index in [4.69, 9.17) is 9.97 Å². The Morgan fingerprint density at radius 1 is 1.11 bits per heavy atom. The van der Waals surface area contributed by atoms with Crippen molar-refractivity contribution in [3.8, 4) is 21.8 Å². The molecule has 9 nitrogen and oxygen atoms in total. The number of hydrogen-bond donors (Lipinski definition) is 5. The van der Waals surface area contributed by atoms with Crippen molar-refractivity contribution in [3.05, 3.63) is 65.9 Å². The molecule has 3 aromatic heterocycles. The minimum absolute atomic E-state index is 0. The SMILES string of the molecule is Cc1cc(Nc2nc(N[C@@H]3C[C@H](CO)[C@@H](O)[C@H]3O)c(-c3nc(-c4ccccc4)cs3)c[nH+]2)ccn1.[Cl-]. The summed E-state index contributed by atoms with van der Waals surface area (Å²) >= 11 is 1.50. The van der Waals surface area contributed by atoms with Gasteiger partial charge >= 0.3 is 5.95 Å². The van der Waals surface area contributed by atoms with E-state index in [1.165, 1.54) is 11.3 Å². The number of hydrogen-bond acceptors (Lipinski definition) is 9. The number of H-pyrrole nitrogens is 1. The molecule has 4 aromatic rings. The van der Waals surface area contributed by atoms with Gasteiger partial charge in [-0.1, -0.05) is 35.3 Å². The molecular formula is C25H27ClN6O3S. The molecule has 0 amide bonds. The van der Waals surface area contributed by atoms with Gasteiger partial charge in [-0.15, -0.1) is 11.3 Å². The van der Waals surface area contributed by atoms with E-state index in [9.17, 15) is 15.3 Å². The Hall–Kier alpha value is -3.15. The third-order valence-corrected chi connectivity index (χ3v) is 7.03. The number of aromatic amines is 1. The van der Waals surface area contributed by atoms with Crippen LogP contribution in [0.15, 0.2) is 60.2 Å². The molecular weight excluding hydrogens is 500 g/mol. The number of pyridine rings is 1. The number of aliphatic hydroxyl groups is 3. The first-order chi connectivity index (χ1) is 17.0. The maximum atomic E-state index is 10.6. The summed E-state index contributed by atoms with van der Waals surface area (Å²) in [7, 11) is 0. The predicted molar refractivity (Wildman–Crippen MR) is 134 cm³/mol. The number of aromatic nitrogens is 4. The number of rotatable bonds is 7. The molecule has 3 heterocycles. The summed E-state index contributed by atoms with van der Waals surface area (Å²) in [4.78, 5) is 17.0. The average Bonchev–Trinajstić information content (AvgIpc) is 3.46. The van der Waals surface area contributed by atoms with Crippen molar-refractivity contribution in [1.82, 2.24) is 15.0 Å². The predicted octanol–water partition coefficient (Wildman–Crippen LogP) is -0.348. The van der Waals surface area contributed by atoms with Gasteiger partial charge in [0, 0.05) is 35.4 Å². The molecule has 4 atom stereocenters. The summed E-state index contributed by atoms with van der Waals surface area (Å²) in [6, 6.07) is 13.2. The number of nitrogens with zero attached hydrogens (tertiary/aromatic N) is 3. The van der Waals surface area contributed by atoms with E-state index >= 15 is 0 Å². The van der Waals surface area contributed by atoms with Crippen LogP contribution in [0.4, 0.5) is 17.5 Å². The molecule has 0 radical (unpaired) electrons. The molecule has 11 heteroatoms. The number of halogens is 1. The van der Waals surface area contributed by atoms with E-state index in [2.05, 4.69) is 20.6 Å². The van der Waals surface area contributed by atoms with Gasteiger partial charge in [0.15, 0.2) is 0 Å². The van der Waals surface area contributed by atoms with Crippen LogP contribution in [0.3, 0.4) is 0 Å². The standard InChI is InChI=1S/C25H26N6O3S.ClH/c1-14-9-17(7-8-26-14)28-25-27-11-18(24-30-20(13-35-24)15-5-3-2-4-6-15)23(31-25)29-19-10-16(12-32)21(33)22(19)34;/h2-9,11,13,16,19,21-22,32-34H,10,12H2,1H3,(H2,26,27,28,29,31);1H/t16-,19-,21-,22+;/m1./s1. The number of nitrogens with one attached hydrogen (secondary N) is 3. The van der Waals surface area contributed by atoms with Crippen molar-refractivity contribution >= 4 is 28.8 Å². The highest BCUT2D eigenvalue weighted by Crippen LogP contribution is 2.35. The molecule has 1 fully saturated rings. The lowest BCUT2D eigenvalue weighted by atomic mass is 10.1. The Morgan fingerprint density at radius 2 is 1.92 bits per heavy atom. The Balaban J connectivity index is 0.00000304. The molecule has 36 heavy (non-hydrogen) atoms. The highest BCUT2D eigenvalue weighted by atomic mass is 35.5. The van der Waals surface area contributed by atoms with Gasteiger partial charge in [-0.25, -0.2) is 15.3 Å². The summed E-state index contributed by atoms with van der Waals surface area (Å²) in [6.45, 7) is 1.72. The number of aliphatic hydroxyl groups excluding tert-OH is 3. The maximum Gasteiger partial charge on any atom is 0.396 e. The molecule has 1 aliphatic rings. The number of aryl methyl sites for hydroxylation is 1. The number of anilines is 3. The van der Waals surface area contributed by atoms with Gasteiger partial charge in [0.25, 0.3) is 0 Å². The molecule has 1 saturated carbocycles. The molecule has 6 N–H and O–H groups in total. The van der Waals surface area contributed by atoms with E-state index in [1.807, 2.05) is 61.0 Å². The summed E-state index contributed by atoms with van der Waals surface area (Å²) in [5, 5.41) is 39.7. The fourth-order valence-electron chi connectivity index (χ4n) is 4.27. The second-order valence-electron chi connectivity index (χ2n) is 8.64. The van der Waals surface area contributed by atoms with Crippen molar-refractivity contribution in [2.45, 2.75) is 31.6 Å². The smallest absolute Gasteiger partial charge is 0.396 e. The molecule has 0 aliphatic heterocycles. The molecule has 5 rings (SSSR count). The first kappa shape index (κ1) is 25.9. The van der Waals surface area contributed by atoms with E-state index in [0.717, 1.165) is 33.2 Å². The Bertz CT molecular complexity index is 1310. The summed E-state index contributed by atoms with van der Waals surface area (Å²) in [5.41, 5.74) is 4.33. The quantitative estimate of drug-likeness (QED) is 0.220. The molecule has 0 saturated heterocycles. The van der Waals surface area contributed by atoms with Crippen LogP contribution in [0.2, 0.25) is 0 Å². The summed E-state index contributed by atoms with van der Waals surface area (Å²) in [5.74, 6) is 0.609. The van der Waals surface area contributed by atoms with E-state index in [-0.39, 0.29) is 19.0 Å². The van der Waals surface area contributed by atoms with Crippen molar-refractivity contribution in [2.24, 2.45) is 5.92 Å². The van der Waals surface area contributed by atoms with Crippen molar-refractivity contribution < 1.29 is 32.7 Å². The van der Waals surface area contributed by atoms with E-state index in [0.29, 0.717) is 18.2 Å². The second-order valence-corrected chi connectivity index (χ2v) is 9.49. The van der Waals surface area contributed by atoms with E-state index in [1.54, 1.807) is 6.20 Å². The first-order valence-electron chi connectivity index (χ1n) is 11.4. The van der Waals surface area contributed by atoms with Gasteiger partial charge in [0.1, 0.15) is 22.4 Å².